The highest BCUT2D eigenvalue weighted by atomic mass is 16.1. The Hall–Kier alpha value is -3.85. The van der Waals surface area contributed by atoms with Gasteiger partial charge in [-0.05, 0) is 76.1 Å². The van der Waals surface area contributed by atoms with Gasteiger partial charge in [0.1, 0.15) is 5.78 Å². The minimum absolute atomic E-state index is 0.0600. The van der Waals surface area contributed by atoms with Crippen LogP contribution in [0.15, 0.2) is 97.6 Å². The standard InChI is InChI=1S/C26H22O.C4H4N2/c1-17(27)19-12-7-13-22-23(19)14-15-24-20-10-5-6-11-21(20)25(16-26(22)24)18-8-3-2-4-9-18;1-2-6-4-3-5-1/h2-6,8-11,14-16,19H,7,12-13H2,1H3;1-4H. The maximum Gasteiger partial charge on any atom is 0.137 e. The summed E-state index contributed by atoms with van der Waals surface area (Å²) in [6.07, 6.45) is 9.68. The Kier molecular flexibility index (Phi) is 5.95. The molecule has 3 heteroatoms. The van der Waals surface area contributed by atoms with E-state index in [-0.39, 0.29) is 5.92 Å². The van der Waals surface area contributed by atoms with Crippen molar-refractivity contribution in [3.05, 3.63) is 109 Å². The summed E-state index contributed by atoms with van der Waals surface area (Å²) in [5.41, 5.74) is 5.14. The van der Waals surface area contributed by atoms with Crippen LogP contribution in [0.25, 0.3) is 32.7 Å². The lowest BCUT2D eigenvalue weighted by Gasteiger charge is -2.26. The van der Waals surface area contributed by atoms with Crippen LogP contribution in [-0.4, -0.2) is 15.8 Å². The van der Waals surface area contributed by atoms with Crippen LogP contribution in [0.2, 0.25) is 0 Å². The average Bonchev–Trinajstić information content (AvgIpc) is 2.89. The van der Waals surface area contributed by atoms with Crippen LogP contribution in [0, 0.1) is 0 Å². The summed E-state index contributed by atoms with van der Waals surface area (Å²) in [6, 6.07) is 26.1. The summed E-state index contributed by atoms with van der Waals surface area (Å²) in [6.45, 7) is 1.74. The lowest BCUT2D eigenvalue weighted by atomic mass is 9.78. The minimum Gasteiger partial charge on any atom is -0.299 e. The third kappa shape index (κ3) is 4.14. The summed E-state index contributed by atoms with van der Waals surface area (Å²) in [5, 5.41) is 5.20. The number of ketones is 1. The van der Waals surface area contributed by atoms with Crippen molar-refractivity contribution in [3.8, 4) is 11.1 Å². The Labute approximate surface area is 194 Å². The molecule has 0 saturated heterocycles. The lowest BCUT2D eigenvalue weighted by molar-refractivity contribution is -0.118. The Morgan fingerprint density at radius 3 is 2.06 bits per heavy atom. The van der Waals surface area contributed by atoms with E-state index >= 15 is 0 Å². The summed E-state index contributed by atoms with van der Waals surface area (Å²) >= 11 is 0. The molecule has 162 valence electrons. The van der Waals surface area contributed by atoms with Gasteiger partial charge in [-0.15, -0.1) is 0 Å². The fraction of sp³-hybridized carbons (Fsp3) is 0.167. The second kappa shape index (κ2) is 9.33. The van der Waals surface area contributed by atoms with Gasteiger partial charge >= 0.3 is 0 Å². The highest BCUT2D eigenvalue weighted by Crippen LogP contribution is 2.41. The predicted molar refractivity (Wildman–Crippen MR) is 135 cm³/mol. The molecule has 3 nitrogen and oxygen atoms in total. The number of aromatic nitrogens is 2. The van der Waals surface area contributed by atoms with E-state index in [1.54, 1.807) is 31.7 Å². The van der Waals surface area contributed by atoms with Gasteiger partial charge in [-0.3, -0.25) is 14.8 Å². The molecular formula is C30H26N2O. The Morgan fingerprint density at radius 1 is 0.758 bits per heavy atom. The van der Waals surface area contributed by atoms with Crippen molar-refractivity contribution in [1.29, 1.82) is 0 Å². The first kappa shape index (κ1) is 21.0. The zero-order chi connectivity index (χ0) is 22.6. The van der Waals surface area contributed by atoms with Gasteiger partial charge in [0.05, 0.1) is 0 Å². The molecule has 0 fully saturated rings. The average molecular weight is 431 g/mol. The van der Waals surface area contributed by atoms with Gasteiger partial charge in [-0.25, -0.2) is 0 Å². The molecule has 1 heterocycles. The molecule has 0 N–H and O–H groups in total. The SMILES string of the molecule is CC(=O)C1CCCc2c1ccc1c2cc(-c2ccccc2)c2ccccc21.c1cnccn1. The fourth-order valence-corrected chi connectivity index (χ4v) is 5.03. The molecule has 1 aliphatic carbocycles. The monoisotopic (exact) mass is 430 g/mol. The molecule has 1 unspecified atom stereocenters. The minimum atomic E-state index is 0.0600. The Balaban J connectivity index is 0.000000332. The van der Waals surface area contributed by atoms with Crippen molar-refractivity contribution in [2.45, 2.75) is 32.1 Å². The molecular weight excluding hydrogens is 404 g/mol. The third-order valence-corrected chi connectivity index (χ3v) is 6.54. The molecule has 33 heavy (non-hydrogen) atoms. The van der Waals surface area contributed by atoms with E-state index in [9.17, 15) is 4.79 Å². The van der Waals surface area contributed by atoms with Crippen molar-refractivity contribution < 1.29 is 4.79 Å². The summed E-state index contributed by atoms with van der Waals surface area (Å²) in [4.78, 5) is 19.6. The van der Waals surface area contributed by atoms with Crippen LogP contribution in [0.3, 0.4) is 0 Å². The molecule has 0 bridgehead atoms. The molecule has 1 atom stereocenters. The van der Waals surface area contributed by atoms with Gasteiger partial charge < -0.3 is 0 Å². The van der Waals surface area contributed by atoms with Gasteiger partial charge in [-0.2, -0.15) is 0 Å². The predicted octanol–water partition coefficient (Wildman–Crippen LogP) is 7.15. The summed E-state index contributed by atoms with van der Waals surface area (Å²) in [7, 11) is 0. The van der Waals surface area contributed by atoms with E-state index in [1.165, 1.54) is 43.8 Å². The quantitative estimate of drug-likeness (QED) is 0.279. The van der Waals surface area contributed by atoms with Gasteiger partial charge in [-0.1, -0.05) is 66.7 Å². The van der Waals surface area contributed by atoms with Gasteiger partial charge in [0.15, 0.2) is 0 Å². The normalized spacial score (nSPS) is 14.9. The van der Waals surface area contributed by atoms with Crippen LogP contribution >= 0.6 is 0 Å². The summed E-state index contributed by atoms with van der Waals surface area (Å²) in [5.74, 6) is 0.351. The highest BCUT2D eigenvalue weighted by molar-refractivity contribution is 6.15. The number of benzene rings is 4. The van der Waals surface area contributed by atoms with Crippen molar-refractivity contribution in [2.75, 3.05) is 0 Å². The molecule has 5 aromatic rings. The molecule has 0 spiro atoms. The van der Waals surface area contributed by atoms with Gasteiger partial charge in [0.25, 0.3) is 0 Å². The second-order valence-electron chi connectivity index (χ2n) is 8.51. The van der Waals surface area contributed by atoms with Crippen molar-refractivity contribution in [1.82, 2.24) is 9.97 Å². The van der Waals surface area contributed by atoms with Crippen molar-refractivity contribution >= 4 is 27.3 Å². The molecule has 0 amide bonds. The number of carbonyl (C=O) groups excluding carboxylic acids is 1. The smallest absolute Gasteiger partial charge is 0.137 e. The maximum absolute atomic E-state index is 12.2. The zero-order valence-corrected chi connectivity index (χ0v) is 18.7. The van der Waals surface area contributed by atoms with Gasteiger partial charge in [0.2, 0.25) is 0 Å². The van der Waals surface area contributed by atoms with Crippen molar-refractivity contribution in [3.63, 3.8) is 0 Å². The number of Topliss-reactive ketones (excluding diaryl/α,β-unsaturated/α-hetero) is 1. The molecule has 0 aliphatic heterocycles. The highest BCUT2D eigenvalue weighted by Gasteiger charge is 2.25. The van der Waals surface area contributed by atoms with E-state index in [0.29, 0.717) is 5.78 Å². The number of aryl methyl sites for hydroxylation is 1. The van der Waals surface area contributed by atoms with Crippen LogP contribution in [0.1, 0.15) is 36.8 Å². The van der Waals surface area contributed by atoms with Crippen LogP contribution in [-0.2, 0) is 11.2 Å². The Bertz CT molecular complexity index is 1380. The number of carbonyl (C=O) groups is 1. The first-order chi connectivity index (χ1) is 16.2. The topological polar surface area (TPSA) is 42.9 Å². The van der Waals surface area contributed by atoms with Crippen LogP contribution < -0.4 is 0 Å². The van der Waals surface area contributed by atoms with Gasteiger partial charge in [0, 0.05) is 30.7 Å². The Morgan fingerprint density at radius 2 is 1.39 bits per heavy atom. The molecule has 4 aromatic carbocycles. The fourth-order valence-electron chi connectivity index (χ4n) is 5.03. The molecule has 0 radical (unpaired) electrons. The van der Waals surface area contributed by atoms with E-state index in [0.717, 1.165) is 19.3 Å². The number of hydrogen-bond donors (Lipinski definition) is 0. The first-order valence-corrected chi connectivity index (χ1v) is 11.5. The number of nitrogens with zero attached hydrogens (tertiary/aromatic N) is 2. The number of fused-ring (bicyclic) bond motifs is 5. The van der Waals surface area contributed by atoms with Crippen LogP contribution in [0.5, 0.6) is 0 Å². The summed E-state index contributed by atoms with van der Waals surface area (Å²) < 4.78 is 0. The molecule has 0 saturated carbocycles. The zero-order valence-electron chi connectivity index (χ0n) is 18.7. The van der Waals surface area contributed by atoms with E-state index in [4.69, 9.17) is 0 Å². The van der Waals surface area contributed by atoms with E-state index in [1.807, 2.05) is 0 Å². The molecule has 6 rings (SSSR count). The third-order valence-electron chi connectivity index (χ3n) is 6.54. The second-order valence-corrected chi connectivity index (χ2v) is 8.51. The van der Waals surface area contributed by atoms with E-state index in [2.05, 4.69) is 82.8 Å². The molecule has 1 aliphatic rings. The first-order valence-electron chi connectivity index (χ1n) is 11.5. The number of rotatable bonds is 2. The van der Waals surface area contributed by atoms with Crippen molar-refractivity contribution in [2.24, 2.45) is 0 Å². The van der Waals surface area contributed by atoms with Crippen LogP contribution in [0.4, 0.5) is 0 Å². The molecule has 1 aromatic heterocycles. The lowest BCUT2D eigenvalue weighted by Crippen LogP contribution is -2.16. The number of hydrogen-bond acceptors (Lipinski definition) is 3. The maximum atomic E-state index is 12.2. The van der Waals surface area contributed by atoms with E-state index < -0.39 is 0 Å². The largest absolute Gasteiger partial charge is 0.299 e.